The fourth-order valence-electron chi connectivity index (χ4n) is 2.26. The van der Waals surface area contributed by atoms with Crippen LogP contribution in [0.3, 0.4) is 0 Å². The lowest BCUT2D eigenvalue weighted by atomic mass is 10.2. The zero-order valence-corrected chi connectivity index (χ0v) is 16.8. The molecule has 136 valence electrons. The summed E-state index contributed by atoms with van der Waals surface area (Å²) in [5, 5.41) is 3.67. The minimum Gasteiger partial charge on any atom is -0.302 e. The van der Waals surface area contributed by atoms with Crippen LogP contribution in [-0.4, -0.2) is 25.1 Å². The number of carbonyl (C=O) groups is 1. The molecule has 2 aromatic carbocycles. The number of thiazole rings is 1. The third-order valence-electron chi connectivity index (χ3n) is 3.68. The van der Waals surface area contributed by atoms with Crippen LogP contribution in [0.15, 0.2) is 41.3 Å². The molecule has 0 aliphatic carbocycles. The molecule has 5 nitrogen and oxygen atoms in total. The predicted molar refractivity (Wildman–Crippen MR) is 106 cm³/mol. The van der Waals surface area contributed by atoms with Crippen molar-refractivity contribution in [3.8, 4) is 0 Å². The summed E-state index contributed by atoms with van der Waals surface area (Å²) in [6.07, 6.45) is -0.166. The molecule has 1 aromatic heterocycles. The fourth-order valence-corrected chi connectivity index (χ4v) is 4.81. The van der Waals surface area contributed by atoms with Crippen molar-refractivity contribution in [1.29, 1.82) is 0 Å². The number of carbonyl (C=O) groups excluding carboxylic acids is 1. The van der Waals surface area contributed by atoms with Crippen molar-refractivity contribution in [2.75, 3.05) is 11.1 Å². The smallest absolute Gasteiger partial charge is 0.227 e. The molecule has 1 amide bonds. The van der Waals surface area contributed by atoms with Gasteiger partial charge in [-0.15, -0.1) is 0 Å². The summed E-state index contributed by atoms with van der Waals surface area (Å²) in [5.74, 6) is -0.707. The molecular formula is C17H14Cl2N2O3S2. The molecule has 0 atom stereocenters. The number of hydrogen-bond donors (Lipinski definition) is 1. The van der Waals surface area contributed by atoms with Gasteiger partial charge in [-0.2, -0.15) is 0 Å². The van der Waals surface area contributed by atoms with Crippen LogP contribution >= 0.6 is 34.5 Å². The number of amides is 1. The Labute approximate surface area is 164 Å². The summed E-state index contributed by atoms with van der Waals surface area (Å²) in [5.41, 5.74) is 1.48. The van der Waals surface area contributed by atoms with Gasteiger partial charge in [0.25, 0.3) is 0 Å². The van der Waals surface area contributed by atoms with Gasteiger partial charge in [-0.25, -0.2) is 13.4 Å². The van der Waals surface area contributed by atoms with E-state index in [1.54, 1.807) is 36.4 Å². The molecule has 26 heavy (non-hydrogen) atoms. The fraction of sp³-hybridized carbons (Fsp3) is 0.176. The van der Waals surface area contributed by atoms with Crippen LogP contribution < -0.4 is 5.32 Å². The second kappa shape index (κ2) is 7.52. The Morgan fingerprint density at radius 2 is 1.85 bits per heavy atom. The molecule has 3 aromatic rings. The zero-order chi connectivity index (χ0) is 18.9. The van der Waals surface area contributed by atoms with E-state index in [1.165, 1.54) is 11.3 Å². The number of benzene rings is 2. The third-order valence-corrected chi connectivity index (χ3v) is 7.14. The van der Waals surface area contributed by atoms with Gasteiger partial charge in [0, 0.05) is 6.42 Å². The lowest BCUT2D eigenvalue weighted by Crippen LogP contribution is -2.17. The highest BCUT2D eigenvalue weighted by Crippen LogP contribution is 2.35. The van der Waals surface area contributed by atoms with Crippen LogP contribution in [0.1, 0.15) is 12.0 Å². The van der Waals surface area contributed by atoms with E-state index in [0.29, 0.717) is 20.7 Å². The summed E-state index contributed by atoms with van der Waals surface area (Å²) in [7, 11) is -3.52. The maximum Gasteiger partial charge on any atom is 0.227 e. The zero-order valence-electron chi connectivity index (χ0n) is 13.6. The molecule has 1 heterocycles. The molecule has 0 unspecified atom stereocenters. The van der Waals surface area contributed by atoms with Crippen LogP contribution in [0.5, 0.6) is 0 Å². The van der Waals surface area contributed by atoms with Crippen LogP contribution in [0.25, 0.3) is 10.2 Å². The first kappa shape index (κ1) is 19.1. The molecule has 0 radical (unpaired) electrons. The molecule has 0 bridgehead atoms. The normalized spacial score (nSPS) is 11.7. The van der Waals surface area contributed by atoms with Crippen molar-refractivity contribution in [3.63, 3.8) is 0 Å². The van der Waals surface area contributed by atoms with Gasteiger partial charge >= 0.3 is 0 Å². The maximum absolute atomic E-state index is 12.3. The second-order valence-electron chi connectivity index (χ2n) is 5.66. The van der Waals surface area contributed by atoms with E-state index in [4.69, 9.17) is 23.2 Å². The van der Waals surface area contributed by atoms with Gasteiger partial charge in [0.15, 0.2) is 15.0 Å². The molecule has 0 spiro atoms. The molecule has 0 aliphatic heterocycles. The van der Waals surface area contributed by atoms with Crippen molar-refractivity contribution in [2.45, 2.75) is 18.2 Å². The van der Waals surface area contributed by atoms with Crippen molar-refractivity contribution >= 4 is 65.6 Å². The van der Waals surface area contributed by atoms with E-state index >= 15 is 0 Å². The van der Waals surface area contributed by atoms with Gasteiger partial charge in [-0.1, -0.05) is 52.2 Å². The highest BCUT2D eigenvalue weighted by atomic mass is 35.5. The Balaban J connectivity index is 1.67. The van der Waals surface area contributed by atoms with Crippen molar-refractivity contribution < 1.29 is 13.2 Å². The Bertz CT molecular complexity index is 1080. The third kappa shape index (κ3) is 4.17. The average molecular weight is 429 g/mol. The first-order valence-electron chi connectivity index (χ1n) is 7.60. The largest absolute Gasteiger partial charge is 0.302 e. The maximum atomic E-state index is 12.3. The van der Waals surface area contributed by atoms with Crippen molar-refractivity contribution in [2.24, 2.45) is 0 Å². The van der Waals surface area contributed by atoms with Gasteiger partial charge in [0.1, 0.15) is 5.52 Å². The van der Waals surface area contributed by atoms with Gasteiger partial charge in [0.05, 0.1) is 25.4 Å². The highest BCUT2D eigenvalue weighted by molar-refractivity contribution is 7.91. The molecule has 0 aliphatic rings. The molecule has 9 heteroatoms. The Kier molecular flexibility index (Phi) is 5.53. The number of hydrogen-bond acceptors (Lipinski definition) is 5. The number of rotatable bonds is 5. The monoisotopic (exact) mass is 428 g/mol. The standard InChI is InChI=1S/C17H14Cl2N2O3S2/c1-10-2-4-11(5-3-10)26(23,24)9-8-14(22)20-17-21-16-13(25-17)7-6-12(18)15(16)19/h2-7H,8-9H2,1H3,(H,20,21,22). The number of nitrogens with zero attached hydrogens (tertiary/aromatic N) is 1. The highest BCUT2D eigenvalue weighted by Gasteiger charge is 2.17. The lowest BCUT2D eigenvalue weighted by molar-refractivity contribution is -0.115. The van der Waals surface area contributed by atoms with E-state index in [2.05, 4.69) is 10.3 Å². The molecule has 3 rings (SSSR count). The lowest BCUT2D eigenvalue weighted by Gasteiger charge is -2.05. The molecule has 1 N–H and O–H groups in total. The first-order valence-corrected chi connectivity index (χ1v) is 10.8. The quantitative estimate of drug-likeness (QED) is 0.637. The van der Waals surface area contributed by atoms with E-state index < -0.39 is 15.7 Å². The number of fused-ring (bicyclic) bond motifs is 1. The number of nitrogens with one attached hydrogen (secondary N) is 1. The van der Waals surface area contributed by atoms with Crippen LogP contribution in [0, 0.1) is 6.92 Å². The summed E-state index contributed by atoms with van der Waals surface area (Å²) in [6, 6.07) is 9.96. The number of halogens is 2. The SMILES string of the molecule is Cc1ccc(S(=O)(=O)CCC(=O)Nc2nc3c(Cl)c(Cl)ccc3s2)cc1. The number of aryl methyl sites for hydroxylation is 1. The van der Waals surface area contributed by atoms with Gasteiger partial charge in [-0.3, -0.25) is 4.79 Å². The van der Waals surface area contributed by atoms with E-state index in [9.17, 15) is 13.2 Å². The Morgan fingerprint density at radius 1 is 1.15 bits per heavy atom. The average Bonchev–Trinajstić information content (AvgIpc) is 3.00. The van der Waals surface area contributed by atoms with Gasteiger partial charge < -0.3 is 5.32 Å². The molecular weight excluding hydrogens is 415 g/mol. The summed E-state index contributed by atoms with van der Waals surface area (Å²) >= 11 is 13.3. The van der Waals surface area contributed by atoms with Crippen molar-refractivity contribution in [1.82, 2.24) is 4.98 Å². The van der Waals surface area contributed by atoms with Gasteiger partial charge in [0.2, 0.25) is 5.91 Å². The van der Waals surface area contributed by atoms with Crippen LogP contribution in [-0.2, 0) is 14.6 Å². The van der Waals surface area contributed by atoms with Crippen molar-refractivity contribution in [3.05, 3.63) is 52.0 Å². The number of sulfone groups is 1. The Hall–Kier alpha value is -1.67. The molecule has 0 saturated heterocycles. The minimum atomic E-state index is -3.52. The van der Waals surface area contributed by atoms with Gasteiger partial charge in [-0.05, 0) is 31.2 Å². The van der Waals surface area contributed by atoms with Crippen LogP contribution in [0.2, 0.25) is 10.0 Å². The number of aromatic nitrogens is 1. The molecule has 0 fully saturated rings. The summed E-state index contributed by atoms with van der Waals surface area (Å²) < 4.78 is 25.4. The topological polar surface area (TPSA) is 76.1 Å². The first-order chi connectivity index (χ1) is 12.3. The number of anilines is 1. The molecule has 0 saturated carbocycles. The van der Waals surface area contributed by atoms with E-state index in [1.807, 2.05) is 6.92 Å². The summed E-state index contributed by atoms with van der Waals surface area (Å²) in [4.78, 5) is 16.6. The van der Waals surface area contributed by atoms with E-state index in [-0.39, 0.29) is 17.1 Å². The Morgan fingerprint density at radius 3 is 2.54 bits per heavy atom. The second-order valence-corrected chi connectivity index (χ2v) is 9.58. The van der Waals surface area contributed by atoms with E-state index in [0.717, 1.165) is 10.3 Å². The predicted octanol–water partition coefficient (Wildman–Crippen LogP) is 4.71. The summed E-state index contributed by atoms with van der Waals surface area (Å²) in [6.45, 7) is 1.88. The minimum absolute atomic E-state index is 0.166. The van der Waals surface area contributed by atoms with Crippen LogP contribution in [0.4, 0.5) is 5.13 Å².